The average Bonchev–Trinajstić information content (AvgIpc) is 3.16. The fourth-order valence-corrected chi connectivity index (χ4v) is 2.43. The van der Waals surface area contributed by atoms with Gasteiger partial charge in [-0.15, -0.1) is 0 Å². The van der Waals surface area contributed by atoms with Crippen molar-refractivity contribution in [3.05, 3.63) is 22.3 Å². The average molecular weight is 283 g/mol. The van der Waals surface area contributed by atoms with Crippen molar-refractivity contribution in [2.75, 3.05) is 0 Å². The number of aromatic nitrogens is 2. The lowest BCUT2D eigenvalue weighted by Gasteiger charge is -2.14. The van der Waals surface area contributed by atoms with E-state index in [4.69, 9.17) is 20.9 Å². The Bertz CT molecular complexity index is 520. The summed E-state index contributed by atoms with van der Waals surface area (Å²) in [6.07, 6.45) is 5.67. The highest BCUT2D eigenvalue weighted by molar-refractivity contribution is 6.31. The molecule has 0 N–H and O–H groups in total. The second kappa shape index (κ2) is 5.33. The zero-order valence-electron chi connectivity index (χ0n) is 10.5. The molecule has 0 aliphatic heterocycles. The number of allylic oxidation sites excluding steroid dienone is 1. The molecular formula is C13H15ClN2O3. The Kier molecular flexibility index (Phi) is 3.55. The molecule has 0 unspecified atom stereocenters. The van der Waals surface area contributed by atoms with Crippen LogP contribution in [0.2, 0.25) is 0 Å². The first-order valence-corrected chi connectivity index (χ1v) is 6.99. The van der Waals surface area contributed by atoms with Crippen LogP contribution in [0.4, 0.5) is 0 Å². The van der Waals surface area contributed by atoms with Crippen molar-refractivity contribution >= 4 is 17.6 Å². The Balaban J connectivity index is 1.57. The van der Waals surface area contributed by atoms with Gasteiger partial charge in [0.1, 0.15) is 0 Å². The third-order valence-corrected chi connectivity index (χ3v) is 3.81. The van der Waals surface area contributed by atoms with Gasteiger partial charge in [0.2, 0.25) is 11.7 Å². The number of rotatable bonds is 4. The third kappa shape index (κ3) is 2.97. The summed E-state index contributed by atoms with van der Waals surface area (Å²) < 4.78 is 10.3. The van der Waals surface area contributed by atoms with Gasteiger partial charge in [-0.25, -0.2) is 4.79 Å². The van der Waals surface area contributed by atoms with Crippen LogP contribution in [-0.4, -0.2) is 16.1 Å². The molecule has 0 atom stereocenters. The molecule has 0 radical (unpaired) electrons. The van der Waals surface area contributed by atoms with Gasteiger partial charge in [-0.05, 0) is 38.5 Å². The van der Waals surface area contributed by atoms with E-state index in [1.54, 1.807) is 0 Å². The van der Waals surface area contributed by atoms with Crippen molar-refractivity contribution in [3.63, 3.8) is 0 Å². The van der Waals surface area contributed by atoms with Crippen LogP contribution in [0.5, 0.6) is 0 Å². The summed E-state index contributed by atoms with van der Waals surface area (Å²) in [7, 11) is 0. The summed E-state index contributed by atoms with van der Waals surface area (Å²) in [5.74, 6) is 1.12. The van der Waals surface area contributed by atoms with Crippen molar-refractivity contribution in [1.82, 2.24) is 10.1 Å². The van der Waals surface area contributed by atoms with Gasteiger partial charge in [0.05, 0.1) is 5.57 Å². The van der Waals surface area contributed by atoms with E-state index in [-0.39, 0.29) is 12.6 Å². The molecule has 0 bridgehead atoms. The highest BCUT2D eigenvalue weighted by Crippen LogP contribution is 2.38. The molecule has 1 saturated carbocycles. The highest BCUT2D eigenvalue weighted by Gasteiger charge is 2.29. The normalized spacial score (nSPS) is 19.6. The van der Waals surface area contributed by atoms with E-state index in [0.717, 1.165) is 32.1 Å². The second-order valence-corrected chi connectivity index (χ2v) is 5.45. The molecule has 102 valence electrons. The van der Waals surface area contributed by atoms with Crippen LogP contribution >= 0.6 is 11.6 Å². The zero-order chi connectivity index (χ0) is 13.2. The van der Waals surface area contributed by atoms with Crippen LogP contribution in [0, 0.1) is 0 Å². The maximum absolute atomic E-state index is 11.9. The van der Waals surface area contributed by atoms with Crippen molar-refractivity contribution in [3.8, 4) is 0 Å². The Morgan fingerprint density at radius 2 is 2.16 bits per heavy atom. The first-order valence-electron chi connectivity index (χ1n) is 6.61. The van der Waals surface area contributed by atoms with Crippen LogP contribution in [0.1, 0.15) is 56.2 Å². The van der Waals surface area contributed by atoms with Crippen molar-refractivity contribution in [2.24, 2.45) is 0 Å². The van der Waals surface area contributed by atoms with Gasteiger partial charge in [-0.3, -0.25) is 0 Å². The Morgan fingerprint density at radius 1 is 1.37 bits per heavy atom. The van der Waals surface area contributed by atoms with E-state index in [9.17, 15) is 4.79 Å². The largest absolute Gasteiger partial charge is 0.454 e. The van der Waals surface area contributed by atoms with Gasteiger partial charge >= 0.3 is 5.97 Å². The van der Waals surface area contributed by atoms with Crippen LogP contribution in [-0.2, 0) is 16.1 Å². The molecule has 1 fully saturated rings. The summed E-state index contributed by atoms with van der Waals surface area (Å²) >= 11 is 6.04. The fourth-order valence-electron chi connectivity index (χ4n) is 2.12. The number of hydrogen-bond donors (Lipinski definition) is 0. The van der Waals surface area contributed by atoms with Gasteiger partial charge in [0, 0.05) is 11.0 Å². The molecule has 5 nitrogen and oxygen atoms in total. The molecule has 3 rings (SSSR count). The second-order valence-electron chi connectivity index (χ2n) is 4.99. The van der Waals surface area contributed by atoms with Crippen LogP contribution in [0.3, 0.4) is 0 Å². The smallest absolute Gasteiger partial charge is 0.335 e. The molecule has 0 spiro atoms. The highest BCUT2D eigenvalue weighted by atomic mass is 35.5. The van der Waals surface area contributed by atoms with Crippen LogP contribution < -0.4 is 0 Å². The molecule has 0 saturated heterocycles. The first kappa shape index (κ1) is 12.7. The number of esters is 1. The van der Waals surface area contributed by atoms with E-state index < -0.39 is 0 Å². The fraction of sp³-hybridized carbons (Fsp3) is 0.615. The van der Waals surface area contributed by atoms with Crippen molar-refractivity contribution in [2.45, 2.75) is 51.0 Å². The zero-order valence-corrected chi connectivity index (χ0v) is 11.3. The molecule has 6 heteroatoms. The Labute approximate surface area is 116 Å². The predicted molar refractivity (Wildman–Crippen MR) is 67.4 cm³/mol. The standard InChI is InChI=1S/C13H15ClN2O3/c14-10-4-2-1-3-9(10)13(17)18-7-11-15-12(19-16-11)8-5-6-8/h8H,1-7H2. The minimum atomic E-state index is -0.359. The number of hydrogen-bond acceptors (Lipinski definition) is 5. The molecule has 1 aromatic rings. The molecule has 0 aromatic carbocycles. The van der Waals surface area contributed by atoms with E-state index in [1.807, 2.05) is 0 Å². The monoisotopic (exact) mass is 282 g/mol. The summed E-state index contributed by atoms with van der Waals surface area (Å²) in [5, 5.41) is 4.43. The number of ether oxygens (including phenoxy) is 1. The van der Waals surface area contributed by atoms with E-state index in [0.29, 0.717) is 34.7 Å². The molecule has 1 heterocycles. The Morgan fingerprint density at radius 3 is 2.89 bits per heavy atom. The number of nitrogens with zero attached hydrogens (tertiary/aromatic N) is 2. The molecule has 2 aliphatic carbocycles. The maximum atomic E-state index is 11.9. The lowest BCUT2D eigenvalue weighted by Crippen LogP contribution is -2.12. The third-order valence-electron chi connectivity index (χ3n) is 3.39. The maximum Gasteiger partial charge on any atom is 0.335 e. The molecule has 0 amide bonds. The van der Waals surface area contributed by atoms with E-state index in [2.05, 4.69) is 10.1 Å². The van der Waals surface area contributed by atoms with Gasteiger partial charge in [0.15, 0.2) is 6.61 Å². The predicted octanol–water partition coefficient (Wildman–Crippen LogP) is 3.06. The van der Waals surface area contributed by atoms with E-state index >= 15 is 0 Å². The Hall–Kier alpha value is -1.36. The minimum Gasteiger partial charge on any atom is -0.454 e. The SMILES string of the molecule is O=C(OCc1noc(C2CC2)n1)C1=C(Cl)CCCC1. The van der Waals surface area contributed by atoms with Gasteiger partial charge in [-0.2, -0.15) is 4.98 Å². The number of carbonyl (C=O) groups is 1. The molecule has 1 aromatic heterocycles. The van der Waals surface area contributed by atoms with Gasteiger partial charge in [-0.1, -0.05) is 16.8 Å². The van der Waals surface area contributed by atoms with Crippen molar-refractivity contribution < 1.29 is 14.1 Å². The van der Waals surface area contributed by atoms with Gasteiger partial charge < -0.3 is 9.26 Å². The summed E-state index contributed by atoms with van der Waals surface area (Å²) in [5.41, 5.74) is 0.596. The van der Waals surface area contributed by atoms with Gasteiger partial charge in [0.25, 0.3) is 0 Å². The lowest BCUT2D eigenvalue weighted by atomic mass is 9.99. The molecule has 2 aliphatic rings. The summed E-state index contributed by atoms with van der Waals surface area (Å²) in [6.45, 7) is 0.0444. The molecule has 19 heavy (non-hydrogen) atoms. The summed E-state index contributed by atoms with van der Waals surface area (Å²) in [6, 6.07) is 0. The number of halogens is 1. The van der Waals surface area contributed by atoms with Crippen molar-refractivity contribution in [1.29, 1.82) is 0 Å². The first-order chi connectivity index (χ1) is 9.24. The minimum absolute atomic E-state index is 0.0444. The number of carbonyl (C=O) groups excluding carboxylic acids is 1. The summed E-state index contributed by atoms with van der Waals surface area (Å²) in [4.78, 5) is 16.1. The molecular weight excluding hydrogens is 268 g/mol. The van der Waals surface area contributed by atoms with Crippen LogP contribution in [0.25, 0.3) is 0 Å². The van der Waals surface area contributed by atoms with E-state index in [1.165, 1.54) is 0 Å². The topological polar surface area (TPSA) is 65.2 Å². The quantitative estimate of drug-likeness (QED) is 0.794. The van der Waals surface area contributed by atoms with Crippen LogP contribution in [0.15, 0.2) is 15.1 Å². The lowest BCUT2D eigenvalue weighted by molar-refractivity contribution is -0.140.